The molecule has 0 aliphatic rings. The number of benzene rings is 1. The van der Waals surface area contributed by atoms with Crippen molar-refractivity contribution in [3.63, 3.8) is 0 Å². The van der Waals surface area contributed by atoms with Crippen LogP contribution in [0.2, 0.25) is 0 Å². The van der Waals surface area contributed by atoms with Gasteiger partial charge in [0, 0.05) is 23.2 Å². The largest absolute Gasteiger partial charge is 0.258 e. The number of hydrogen-bond donors (Lipinski definition) is 0. The third kappa shape index (κ3) is 3.10. The second-order valence-electron chi connectivity index (χ2n) is 6.41. The Morgan fingerprint density at radius 3 is 2.38 bits per heavy atom. The van der Waals surface area contributed by atoms with Crippen molar-refractivity contribution in [3.8, 4) is 5.69 Å². The number of fused-ring (bicyclic) bond motifs is 1. The molecule has 1 aromatic carbocycles. The minimum Gasteiger partial charge on any atom is -0.258 e. The zero-order chi connectivity index (χ0) is 18.3. The van der Waals surface area contributed by atoms with Crippen molar-refractivity contribution in [1.82, 2.24) is 29.4 Å². The fourth-order valence-corrected chi connectivity index (χ4v) is 4.01. The van der Waals surface area contributed by atoms with Crippen LogP contribution in [0.5, 0.6) is 0 Å². The Labute approximate surface area is 156 Å². The van der Waals surface area contributed by atoms with Crippen LogP contribution in [-0.2, 0) is 5.75 Å². The van der Waals surface area contributed by atoms with Crippen molar-refractivity contribution < 1.29 is 0 Å². The van der Waals surface area contributed by atoms with E-state index < -0.39 is 0 Å². The summed E-state index contributed by atoms with van der Waals surface area (Å²) in [6.45, 7) is 8.03. The topological polar surface area (TPSA) is 60.9 Å². The SMILES string of the molecule is Cc1cc2nnc(SCc3ccc(-n4nc(C)cc4C)cc3)n2c(C)n1. The minimum absolute atomic E-state index is 0.825. The monoisotopic (exact) mass is 364 g/mol. The first-order valence-corrected chi connectivity index (χ1v) is 9.44. The lowest BCUT2D eigenvalue weighted by molar-refractivity contribution is 0.833. The Balaban J connectivity index is 1.53. The van der Waals surface area contributed by atoms with Crippen LogP contribution < -0.4 is 0 Å². The molecule has 0 atom stereocenters. The van der Waals surface area contributed by atoms with Crippen molar-refractivity contribution in [2.24, 2.45) is 0 Å². The van der Waals surface area contributed by atoms with Gasteiger partial charge in [-0.15, -0.1) is 10.2 Å². The first kappa shape index (κ1) is 16.8. The summed E-state index contributed by atoms with van der Waals surface area (Å²) >= 11 is 1.67. The zero-order valence-corrected chi connectivity index (χ0v) is 16.1. The summed E-state index contributed by atoms with van der Waals surface area (Å²) in [6.07, 6.45) is 0. The highest BCUT2D eigenvalue weighted by Crippen LogP contribution is 2.23. The summed E-state index contributed by atoms with van der Waals surface area (Å²) in [5, 5.41) is 14.0. The molecule has 0 N–H and O–H groups in total. The molecule has 0 amide bonds. The quantitative estimate of drug-likeness (QED) is 0.515. The molecule has 0 spiro atoms. The second kappa shape index (κ2) is 6.57. The van der Waals surface area contributed by atoms with Gasteiger partial charge >= 0.3 is 0 Å². The molecule has 0 aliphatic heterocycles. The highest BCUT2D eigenvalue weighted by Gasteiger charge is 2.10. The highest BCUT2D eigenvalue weighted by molar-refractivity contribution is 7.98. The van der Waals surface area contributed by atoms with Crippen LogP contribution in [0.15, 0.2) is 41.6 Å². The molecule has 6 nitrogen and oxygen atoms in total. The standard InChI is InChI=1S/C19H20N6S/c1-12-10-18-21-22-19(24(18)15(4)20-12)26-11-16-5-7-17(8-6-16)25-14(3)9-13(2)23-25/h5-10H,11H2,1-4H3. The average molecular weight is 364 g/mol. The van der Waals surface area contributed by atoms with Gasteiger partial charge in [0.1, 0.15) is 5.82 Å². The third-order valence-electron chi connectivity index (χ3n) is 4.22. The van der Waals surface area contributed by atoms with E-state index >= 15 is 0 Å². The molecule has 4 rings (SSSR count). The second-order valence-corrected chi connectivity index (χ2v) is 7.36. The van der Waals surface area contributed by atoms with Gasteiger partial charge in [-0.1, -0.05) is 23.9 Å². The maximum absolute atomic E-state index is 4.53. The molecule has 4 aromatic rings. The van der Waals surface area contributed by atoms with Crippen LogP contribution in [0.4, 0.5) is 0 Å². The molecule has 3 aromatic heterocycles. The van der Waals surface area contributed by atoms with Gasteiger partial charge in [0.2, 0.25) is 0 Å². The summed E-state index contributed by atoms with van der Waals surface area (Å²) in [6, 6.07) is 12.5. The first-order chi connectivity index (χ1) is 12.5. The highest BCUT2D eigenvalue weighted by atomic mass is 32.2. The van der Waals surface area contributed by atoms with E-state index in [9.17, 15) is 0 Å². The third-order valence-corrected chi connectivity index (χ3v) is 5.22. The van der Waals surface area contributed by atoms with Gasteiger partial charge in [0.05, 0.1) is 11.4 Å². The molecule has 3 heterocycles. The van der Waals surface area contributed by atoms with Crippen LogP contribution in [0.25, 0.3) is 11.3 Å². The maximum atomic E-state index is 4.53. The lowest BCUT2D eigenvalue weighted by atomic mass is 10.2. The smallest absolute Gasteiger partial charge is 0.197 e. The van der Waals surface area contributed by atoms with E-state index in [1.807, 2.05) is 35.9 Å². The summed E-state index contributed by atoms with van der Waals surface area (Å²) in [7, 11) is 0. The molecule has 7 heteroatoms. The molecule has 0 saturated carbocycles. The maximum Gasteiger partial charge on any atom is 0.197 e. The Bertz CT molecular complexity index is 1080. The van der Waals surface area contributed by atoms with Gasteiger partial charge in [0.25, 0.3) is 0 Å². The van der Waals surface area contributed by atoms with E-state index in [-0.39, 0.29) is 0 Å². The molecule has 0 fully saturated rings. The van der Waals surface area contributed by atoms with Gasteiger partial charge in [-0.25, -0.2) is 9.67 Å². The lowest BCUT2D eigenvalue weighted by Crippen LogP contribution is -1.99. The molecule has 0 bridgehead atoms. The minimum atomic E-state index is 0.825. The van der Waals surface area contributed by atoms with Crippen molar-refractivity contribution in [1.29, 1.82) is 0 Å². The Kier molecular flexibility index (Phi) is 4.24. The molecular formula is C19H20N6S. The fraction of sp³-hybridized carbons (Fsp3) is 0.263. The van der Waals surface area contributed by atoms with Gasteiger partial charge < -0.3 is 0 Å². The number of aromatic nitrogens is 6. The predicted octanol–water partition coefficient (Wildman–Crippen LogP) is 3.84. The average Bonchev–Trinajstić information content (AvgIpc) is 3.16. The fourth-order valence-electron chi connectivity index (χ4n) is 3.07. The summed E-state index contributed by atoms with van der Waals surface area (Å²) in [5.74, 6) is 1.73. The molecule has 0 saturated heterocycles. The zero-order valence-electron chi connectivity index (χ0n) is 15.3. The van der Waals surface area contributed by atoms with Crippen molar-refractivity contribution >= 4 is 17.4 Å². The molecule has 0 aliphatic carbocycles. The molecule has 132 valence electrons. The van der Waals surface area contributed by atoms with E-state index in [4.69, 9.17) is 0 Å². The normalized spacial score (nSPS) is 11.4. The van der Waals surface area contributed by atoms with Crippen LogP contribution in [0.3, 0.4) is 0 Å². The van der Waals surface area contributed by atoms with Crippen LogP contribution in [0.1, 0.15) is 28.5 Å². The predicted molar refractivity (Wildman–Crippen MR) is 103 cm³/mol. The Morgan fingerprint density at radius 1 is 0.923 bits per heavy atom. The van der Waals surface area contributed by atoms with E-state index in [1.54, 1.807) is 11.8 Å². The number of rotatable bonds is 4. The van der Waals surface area contributed by atoms with Gasteiger partial charge in [0.15, 0.2) is 10.8 Å². The first-order valence-electron chi connectivity index (χ1n) is 8.46. The van der Waals surface area contributed by atoms with Crippen LogP contribution in [-0.4, -0.2) is 29.4 Å². The van der Waals surface area contributed by atoms with Crippen LogP contribution in [0, 0.1) is 27.7 Å². The van der Waals surface area contributed by atoms with Gasteiger partial charge in [-0.2, -0.15) is 5.10 Å². The van der Waals surface area contributed by atoms with E-state index in [2.05, 4.69) is 57.5 Å². The molecule has 0 radical (unpaired) electrons. The molecule has 0 unspecified atom stereocenters. The van der Waals surface area contributed by atoms with Gasteiger partial charge in [-0.3, -0.25) is 4.40 Å². The van der Waals surface area contributed by atoms with Crippen molar-refractivity contribution in [2.45, 2.75) is 38.6 Å². The van der Waals surface area contributed by atoms with E-state index in [0.717, 1.165) is 45.2 Å². The number of thioether (sulfide) groups is 1. The number of nitrogens with zero attached hydrogens (tertiary/aromatic N) is 6. The number of hydrogen-bond acceptors (Lipinski definition) is 5. The Hall–Kier alpha value is -2.67. The summed E-state index contributed by atoms with van der Waals surface area (Å²) < 4.78 is 3.97. The van der Waals surface area contributed by atoms with Crippen molar-refractivity contribution in [2.75, 3.05) is 0 Å². The summed E-state index contributed by atoms with van der Waals surface area (Å²) in [5.41, 5.74) is 6.27. The lowest BCUT2D eigenvalue weighted by Gasteiger charge is -2.07. The molecule has 26 heavy (non-hydrogen) atoms. The van der Waals surface area contributed by atoms with Crippen molar-refractivity contribution in [3.05, 3.63) is 64.9 Å². The Morgan fingerprint density at radius 2 is 1.69 bits per heavy atom. The van der Waals surface area contributed by atoms with E-state index in [0.29, 0.717) is 0 Å². The number of aryl methyl sites for hydroxylation is 4. The van der Waals surface area contributed by atoms with Crippen LogP contribution >= 0.6 is 11.8 Å². The summed E-state index contributed by atoms with van der Waals surface area (Å²) in [4.78, 5) is 4.50. The van der Waals surface area contributed by atoms with E-state index in [1.165, 1.54) is 5.56 Å². The molecular weight excluding hydrogens is 344 g/mol. The van der Waals surface area contributed by atoms with Gasteiger partial charge in [-0.05, 0) is 51.5 Å².